The van der Waals surface area contributed by atoms with E-state index in [1.807, 2.05) is 6.07 Å². The Bertz CT molecular complexity index is 1210. The van der Waals surface area contributed by atoms with E-state index in [0.717, 1.165) is 62.4 Å². The fourth-order valence-electron chi connectivity index (χ4n) is 6.54. The molecule has 2 aromatic carbocycles. The van der Waals surface area contributed by atoms with Gasteiger partial charge in [0, 0.05) is 54.8 Å². The summed E-state index contributed by atoms with van der Waals surface area (Å²) in [6, 6.07) is 17.3. The van der Waals surface area contributed by atoms with Gasteiger partial charge in [0.25, 0.3) is 5.91 Å². The highest BCUT2D eigenvalue weighted by Crippen LogP contribution is 2.40. The van der Waals surface area contributed by atoms with Gasteiger partial charge in [-0.05, 0) is 80.9 Å². The van der Waals surface area contributed by atoms with Crippen LogP contribution in [0.3, 0.4) is 0 Å². The zero-order valence-corrected chi connectivity index (χ0v) is 21.3. The monoisotopic (exact) mass is 486 g/mol. The maximum atomic E-state index is 13.6. The van der Waals surface area contributed by atoms with Crippen molar-refractivity contribution in [1.29, 1.82) is 0 Å². The molecule has 0 radical (unpaired) electrons. The SMILES string of the molecule is Cc1ccc2cc(C(=O)N3CCOCCC3CCN3CCC(C4CNc5ccccc54)CC3)[nH]c2c1. The topological polar surface area (TPSA) is 60.6 Å². The van der Waals surface area contributed by atoms with Crippen molar-refractivity contribution < 1.29 is 9.53 Å². The molecule has 0 spiro atoms. The number of aromatic amines is 1. The summed E-state index contributed by atoms with van der Waals surface area (Å²) in [7, 11) is 0. The van der Waals surface area contributed by atoms with Crippen LogP contribution < -0.4 is 5.32 Å². The molecule has 6 rings (SSSR count). The van der Waals surface area contributed by atoms with Gasteiger partial charge in [0.2, 0.25) is 0 Å². The van der Waals surface area contributed by atoms with Crippen LogP contribution in [0.1, 0.15) is 53.2 Å². The molecule has 36 heavy (non-hydrogen) atoms. The Morgan fingerprint density at radius 3 is 2.78 bits per heavy atom. The molecule has 6 heteroatoms. The Labute approximate surface area is 214 Å². The van der Waals surface area contributed by atoms with Crippen molar-refractivity contribution in [3.63, 3.8) is 0 Å². The molecule has 3 aliphatic rings. The molecule has 2 unspecified atom stereocenters. The molecule has 2 N–H and O–H groups in total. The number of nitrogens with zero attached hydrogens (tertiary/aromatic N) is 2. The summed E-state index contributed by atoms with van der Waals surface area (Å²) in [6.07, 6.45) is 4.43. The second kappa shape index (κ2) is 10.3. The van der Waals surface area contributed by atoms with Crippen molar-refractivity contribution >= 4 is 22.5 Å². The zero-order valence-electron chi connectivity index (χ0n) is 21.3. The predicted molar refractivity (Wildman–Crippen MR) is 145 cm³/mol. The Hall–Kier alpha value is -2.83. The third kappa shape index (κ3) is 4.76. The molecule has 2 atom stereocenters. The molecule has 0 saturated carbocycles. The molecule has 190 valence electrons. The summed E-state index contributed by atoms with van der Waals surface area (Å²) >= 11 is 0. The van der Waals surface area contributed by atoms with Crippen LogP contribution >= 0.6 is 0 Å². The van der Waals surface area contributed by atoms with E-state index in [-0.39, 0.29) is 11.9 Å². The van der Waals surface area contributed by atoms with Gasteiger partial charge in [-0.15, -0.1) is 0 Å². The minimum Gasteiger partial charge on any atom is -0.384 e. The molecule has 6 nitrogen and oxygen atoms in total. The van der Waals surface area contributed by atoms with E-state index in [1.165, 1.54) is 29.7 Å². The van der Waals surface area contributed by atoms with E-state index in [9.17, 15) is 4.79 Å². The van der Waals surface area contributed by atoms with Crippen LogP contribution in [0.2, 0.25) is 0 Å². The lowest BCUT2D eigenvalue weighted by Crippen LogP contribution is -2.44. The lowest BCUT2D eigenvalue weighted by Gasteiger charge is -2.36. The number of piperidine rings is 1. The standard InChI is InChI=1S/C30H38N4O2/c1-21-6-7-23-19-29(32-28(23)18-21)30(35)34-15-17-36-16-11-24(34)10-14-33-12-8-22(9-13-33)26-20-31-27-5-3-2-4-25(26)27/h2-7,18-19,22,24,26,31-32H,8-17,20H2,1H3. The Balaban J connectivity index is 1.07. The Morgan fingerprint density at radius 2 is 1.89 bits per heavy atom. The number of nitrogens with one attached hydrogen (secondary N) is 2. The maximum absolute atomic E-state index is 13.6. The Morgan fingerprint density at radius 1 is 1.03 bits per heavy atom. The molecule has 0 bridgehead atoms. The minimum atomic E-state index is 0.102. The number of amides is 1. The number of aryl methyl sites for hydroxylation is 1. The first-order chi connectivity index (χ1) is 17.7. The summed E-state index contributed by atoms with van der Waals surface area (Å²) in [5.41, 5.74) is 5.75. The highest BCUT2D eigenvalue weighted by Gasteiger charge is 2.33. The van der Waals surface area contributed by atoms with Crippen LogP contribution in [0, 0.1) is 12.8 Å². The number of likely N-dealkylation sites (tertiary alicyclic amines) is 1. The van der Waals surface area contributed by atoms with E-state index in [0.29, 0.717) is 24.8 Å². The van der Waals surface area contributed by atoms with Crippen LogP contribution in [0.4, 0.5) is 5.69 Å². The lowest BCUT2D eigenvalue weighted by molar-refractivity contribution is 0.0642. The molecule has 0 aliphatic carbocycles. The number of H-pyrrole nitrogens is 1. The molecule has 2 saturated heterocycles. The van der Waals surface area contributed by atoms with Crippen molar-refractivity contribution in [1.82, 2.24) is 14.8 Å². The van der Waals surface area contributed by atoms with E-state index in [4.69, 9.17) is 4.74 Å². The van der Waals surface area contributed by atoms with Crippen molar-refractivity contribution in [3.8, 4) is 0 Å². The van der Waals surface area contributed by atoms with Crippen LogP contribution in [0.15, 0.2) is 48.5 Å². The first-order valence-electron chi connectivity index (χ1n) is 13.7. The number of anilines is 1. The molecular weight excluding hydrogens is 448 g/mol. The molecule has 2 fully saturated rings. The molecule has 4 heterocycles. The van der Waals surface area contributed by atoms with Gasteiger partial charge < -0.3 is 24.8 Å². The number of carbonyl (C=O) groups is 1. The summed E-state index contributed by atoms with van der Waals surface area (Å²) in [5.74, 6) is 1.51. The first kappa shape index (κ1) is 23.6. The number of rotatable bonds is 5. The van der Waals surface area contributed by atoms with Gasteiger partial charge >= 0.3 is 0 Å². The van der Waals surface area contributed by atoms with Gasteiger partial charge in [-0.25, -0.2) is 0 Å². The summed E-state index contributed by atoms with van der Waals surface area (Å²) in [4.78, 5) is 21.6. The average Bonchev–Trinajstić information content (AvgIpc) is 3.45. The van der Waals surface area contributed by atoms with Crippen LogP contribution in [0.25, 0.3) is 10.9 Å². The highest BCUT2D eigenvalue weighted by atomic mass is 16.5. The molecular formula is C30H38N4O2. The fourth-order valence-corrected chi connectivity index (χ4v) is 6.54. The van der Waals surface area contributed by atoms with Gasteiger partial charge in [0.1, 0.15) is 5.69 Å². The second-order valence-electron chi connectivity index (χ2n) is 10.9. The number of hydrogen-bond donors (Lipinski definition) is 2. The zero-order chi connectivity index (χ0) is 24.5. The predicted octanol–water partition coefficient (Wildman–Crippen LogP) is 5.02. The number of benzene rings is 2. The van der Waals surface area contributed by atoms with Crippen LogP contribution in [0.5, 0.6) is 0 Å². The van der Waals surface area contributed by atoms with E-state index >= 15 is 0 Å². The number of aromatic nitrogens is 1. The number of ether oxygens (including phenoxy) is 1. The third-order valence-electron chi connectivity index (χ3n) is 8.63. The smallest absolute Gasteiger partial charge is 0.270 e. The number of carbonyl (C=O) groups excluding carboxylic acids is 1. The minimum absolute atomic E-state index is 0.102. The number of fused-ring (bicyclic) bond motifs is 2. The molecule has 3 aromatic rings. The number of hydrogen-bond acceptors (Lipinski definition) is 4. The third-order valence-corrected chi connectivity index (χ3v) is 8.63. The Kier molecular flexibility index (Phi) is 6.72. The van der Waals surface area contributed by atoms with E-state index in [2.05, 4.69) is 69.5 Å². The van der Waals surface area contributed by atoms with Crippen molar-refractivity contribution in [2.45, 2.75) is 44.6 Å². The summed E-state index contributed by atoms with van der Waals surface area (Å²) < 4.78 is 5.78. The number of para-hydroxylation sites is 1. The summed E-state index contributed by atoms with van der Waals surface area (Å²) in [5, 5.41) is 4.70. The summed E-state index contributed by atoms with van der Waals surface area (Å²) in [6.45, 7) is 8.53. The average molecular weight is 487 g/mol. The van der Waals surface area contributed by atoms with Crippen molar-refractivity contribution in [3.05, 3.63) is 65.4 Å². The van der Waals surface area contributed by atoms with Crippen molar-refractivity contribution in [2.24, 2.45) is 5.92 Å². The van der Waals surface area contributed by atoms with Gasteiger partial charge in [0.05, 0.1) is 6.61 Å². The van der Waals surface area contributed by atoms with Gasteiger partial charge in [-0.1, -0.05) is 30.3 Å². The normalized spacial score (nSPS) is 23.4. The lowest BCUT2D eigenvalue weighted by atomic mass is 9.81. The fraction of sp³-hybridized carbons (Fsp3) is 0.500. The van der Waals surface area contributed by atoms with Crippen LogP contribution in [-0.2, 0) is 4.74 Å². The molecule has 1 amide bonds. The largest absolute Gasteiger partial charge is 0.384 e. The van der Waals surface area contributed by atoms with E-state index < -0.39 is 0 Å². The second-order valence-corrected chi connectivity index (χ2v) is 10.9. The maximum Gasteiger partial charge on any atom is 0.270 e. The highest BCUT2D eigenvalue weighted by molar-refractivity contribution is 5.98. The first-order valence-corrected chi connectivity index (χ1v) is 13.7. The van der Waals surface area contributed by atoms with E-state index in [1.54, 1.807) is 0 Å². The van der Waals surface area contributed by atoms with Crippen LogP contribution in [-0.4, -0.2) is 72.7 Å². The molecule has 1 aromatic heterocycles. The van der Waals surface area contributed by atoms with Gasteiger partial charge in [0.15, 0.2) is 0 Å². The van der Waals surface area contributed by atoms with Gasteiger partial charge in [-0.3, -0.25) is 4.79 Å². The van der Waals surface area contributed by atoms with Gasteiger partial charge in [-0.2, -0.15) is 0 Å². The quantitative estimate of drug-likeness (QED) is 0.532. The van der Waals surface area contributed by atoms with Crippen molar-refractivity contribution in [2.75, 3.05) is 51.3 Å². The molecule has 3 aliphatic heterocycles.